The molecule has 1 aromatic heterocycles. The van der Waals surface area contributed by atoms with Crippen LogP contribution in [-0.4, -0.2) is 15.4 Å². The Balaban J connectivity index is 1.91. The Hall–Kier alpha value is -1.37. The third-order valence-electron chi connectivity index (χ3n) is 2.20. The van der Waals surface area contributed by atoms with Crippen LogP contribution in [0.3, 0.4) is 0 Å². The van der Waals surface area contributed by atoms with Gasteiger partial charge in [0.05, 0.1) is 0 Å². The van der Waals surface area contributed by atoms with Crippen LogP contribution in [0, 0.1) is 6.92 Å². The molecule has 1 aromatic carbocycles. The SMILES string of the molecule is Cc1nsc(NC(=O)NCc2cc(Cl)ccc2Cl)n1. The molecule has 19 heavy (non-hydrogen) atoms. The number of halogens is 2. The molecule has 0 atom stereocenters. The first-order valence-electron chi connectivity index (χ1n) is 5.33. The summed E-state index contributed by atoms with van der Waals surface area (Å²) in [7, 11) is 0. The summed E-state index contributed by atoms with van der Waals surface area (Å²) >= 11 is 13.0. The lowest BCUT2D eigenvalue weighted by Gasteiger charge is -2.07. The molecule has 2 aromatic rings. The minimum Gasteiger partial charge on any atom is -0.334 e. The Morgan fingerprint density at radius 2 is 2.21 bits per heavy atom. The second-order valence-electron chi connectivity index (χ2n) is 3.69. The largest absolute Gasteiger partial charge is 0.334 e. The van der Waals surface area contributed by atoms with Gasteiger partial charge in [-0.2, -0.15) is 4.37 Å². The number of nitrogens with zero attached hydrogens (tertiary/aromatic N) is 2. The molecule has 5 nitrogen and oxygen atoms in total. The topological polar surface area (TPSA) is 66.9 Å². The van der Waals surface area contributed by atoms with Crippen LogP contribution in [-0.2, 0) is 6.54 Å². The van der Waals surface area contributed by atoms with Crippen LogP contribution in [0.2, 0.25) is 10.0 Å². The lowest BCUT2D eigenvalue weighted by Crippen LogP contribution is -2.28. The van der Waals surface area contributed by atoms with Gasteiger partial charge in [-0.15, -0.1) is 0 Å². The number of aromatic nitrogens is 2. The minimum atomic E-state index is -0.368. The second kappa shape index (κ2) is 6.18. The monoisotopic (exact) mass is 316 g/mol. The normalized spacial score (nSPS) is 10.3. The molecular formula is C11H10Cl2N4OS. The predicted octanol–water partition coefficient (Wildman–Crippen LogP) is 3.48. The zero-order valence-corrected chi connectivity index (χ0v) is 12.2. The fraction of sp³-hybridized carbons (Fsp3) is 0.182. The Kier molecular flexibility index (Phi) is 4.57. The van der Waals surface area contributed by atoms with Gasteiger partial charge in [-0.25, -0.2) is 9.78 Å². The molecule has 0 aliphatic heterocycles. The molecule has 0 fully saturated rings. The van der Waals surface area contributed by atoms with Crippen LogP contribution in [0.1, 0.15) is 11.4 Å². The number of hydrogen-bond acceptors (Lipinski definition) is 4. The van der Waals surface area contributed by atoms with Crippen molar-refractivity contribution in [3.8, 4) is 0 Å². The molecule has 2 amide bonds. The Morgan fingerprint density at radius 1 is 1.42 bits per heavy atom. The van der Waals surface area contributed by atoms with Crippen LogP contribution in [0.5, 0.6) is 0 Å². The first-order valence-corrected chi connectivity index (χ1v) is 6.86. The Bertz CT molecular complexity index is 602. The van der Waals surface area contributed by atoms with Crippen molar-refractivity contribution in [2.24, 2.45) is 0 Å². The van der Waals surface area contributed by atoms with Crippen LogP contribution in [0.25, 0.3) is 0 Å². The van der Waals surface area contributed by atoms with Gasteiger partial charge in [-0.05, 0) is 30.7 Å². The fourth-order valence-electron chi connectivity index (χ4n) is 1.34. The highest BCUT2D eigenvalue weighted by Gasteiger charge is 2.07. The third-order valence-corrected chi connectivity index (χ3v) is 3.52. The Labute approximate surface area is 124 Å². The van der Waals surface area contributed by atoms with E-state index < -0.39 is 0 Å². The van der Waals surface area contributed by atoms with Crippen molar-refractivity contribution in [2.75, 3.05) is 5.32 Å². The van der Waals surface area contributed by atoms with Crippen molar-refractivity contribution in [1.82, 2.24) is 14.7 Å². The van der Waals surface area contributed by atoms with E-state index in [0.29, 0.717) is 21.0 Å². The minimum absolute atomic E-state index is 0.281. The number of urea groups is 1. The molecule has 0 radical (unpaired) electrons. The van der Waals surface area contributed by atoms with Crippen LogP contribution in [0.15, 0.2) is 18.2 Å². The number of aryl methyl sites for hydroxylation is 1. The lowest BCUT2D eigenvalue weighted by atomic mass is 10.2. The summed E-state index contributed by atoms with van der Waals surface area (Å²) in [5.74, 6) is 0.623. The summed E-state index contributed by atoms with van der Waals surface area (Å²) in [5, 5.41) is 6.83. The Morgan fingerprint density at radius 3 is 2.89 bits per heavy atom. The highest BCUT2D eigenvalue weighted by molar-refractivity contribution is 7.09. The summed E-state index contributed by atoms with van der Waals surface area (Å²) in [4.78, 5) is 15.7. The smallest absolute Gasteiger partial charge is 0.321 e. The van der Waals surface area contributed by atoms with Crippen LogP contribution in [0.4, 0.5) is 9.93 Å². The molecule has 0 aliphatic rings. The van der Waals surface area contributed by atoms with Gasteiger partial charge in [0, 0.05) is 28.1 Å². The maximum atomic E-state index is 11.6. The van der Waals surface area contributed by atoms with E-state index in [1.165, 1.54) is 0 Å². The first-order chi connectivity index (χ1) is 9.04. The molecule has 0 aliphatic carbocycles. The van der Waals surface area contributed by atoms with Gasteiger partial charge in [-0.3, -0.25) is 5.32 Å². The number of rotatable bonds is 3. The van der Waals surface area contributed by atoms with Gasteiger partial charge >= 0.3 is 6.03 Å². The third kappa shape index (κ3) is 4.05. The van der Waals surface area contributed by atoms with Gasteiger partial charge in [0.2, 0.25) is 5.13 Å². The maximum absolute atomic E-state index is 11.6. The highest BCUT2D eigenvalue weighted by atomic mass is 35.5. The van der Waals surface area contributed by atoms with Crippen molar-refractivity contribution in [2.45, 2.75) is 13.5 Å². The number of carbonyl (C=O) groups is 1. The molecule has 0 spiro atoms. The van der Waals surface area contributed by atoms with Gasteiger partial charge in [-0.1, -0.05) is 23.2 Å². The first kappa shape index (κ1) is 14.0. The van der Waals surface area contributed by atoms with E-state index in [4.69, 9.17) is 23.2 Å². The molecular weight excluding hydrogens is 307 g/mol. The van der Waals surface area contributed by atoms with E-state index in [1.807, 2.05) is 0 Å². The summed E-state index contributed by atoms with van der Waals surface area (Å²) < 4.78 is 3.96. The van der Waals surface area contributed by atoms with Crippen molar-refractivity contribution in [3.05, 3.63) is 39.6 Å². The maximum Gasteiger partial charge on any atom is 0.321 e. The van der Waals surface area contributed by atoms with Gasteiger partial charge in [0.15, 0.2) is 0 Å². The molecule has 0 unspecified atom stereocenters. The number of carbonyl (C=O) groups excluding carboxylic acids is 1. The van der Waals surface area contributed by atoms with Crippen molar-refractivity contribution in [1.29, 1.82) is 0 Å². The van der Waals surface area contributed by atoms with Gasteiger partial charge in [0.1, 0.15) is 5.82 Å². The zero-order chi connectivity index (χ0) is 13.8. The number of anilines is 1. The lowest BCUT2D eigenvalue weighted by molar-refractivity contribution is 0.251. The summed E-state index contributed by atoms with van der Waals surface area (Å²) in [6, 6.07) is 4.72. The molecule has 0 saturated carbocycles. The van der Waals surface area contributed by atoms with E-state index in [0.717, 1.165) is 17.1 Å². The number of hydrogen-bond donors (Lipinski definition) is 2. The summed E-state index contributed by atoms with van der Waals surface area (Å²) in [5.41, 5.74) is 0.748. The summed E-state index contributed by atoms with van der Waals surface area (Å²) in [6.45, 7) is 2.04. The molecule has 2 N–H and O–H groups in total. The average molecular weight is 317 g/mol. The van der Waals surface area contributed by atoms with Gasteiger partial charge < -0.3 is 5.32 Å². The van der Waals surface area contributed by atoms with E-state index in [9.17, 15) is 4.79 Å². The van der Waals surface area contributed by atoms with Crippen molar-refractivity contribution >= 4 is 45.9 Å². The van der Waals surface area contributed by atoms with Crippen LogP contribution < -0.4 is 10.6 Å². The van der Waals surface area contributed by atoms with Crippen molar-refractivity contribution in [3.63, 3.8) is 0 Å². The number of nitrogens with one attached hydrogen (secondary N) is 2. The standard InChI is InChI=1S/C11H10Cl2N4OS/c1-6-15-11(19-17-6)16-10(18)14-5-7-4-8(12)2-3-9(7)13/h2-4H,5H2,1H3,(H2,14,15,16,17,18). The van der Waals surface area contributed by atoms with E-state index in [1.54, 1.807) is 25.1 Å². The van der Waals surface area contributed by atoms with Gasteiger partial charge in [0.25, 0.3) is 0 Å². The molecule has 8 heteroatoms. The quantitative estimate of drug-likeness (QED) is 0.911. The van der Waals surface area contributed by atoms with Crippen LogP contribution >= 0.6 is 34.7 Å². The number of benzene rings is 1. The average Bonchev–Trinajstić information content (AvgIpc) is 2.76. The highest BCUT2D eigenvalue weighted by Crippen LogP contribution is 2.20. The number of amides is 2. The molecule has 2 rings (SSSR count). The predicted molar refractivity (Wildman–Crippen MR) is 77.0 cm³/mol. The zero-order valence-electron chi connectivity index (χ0n) is 9.91. The van der Waals surface area contributed by atoms with Crippen molar-refractivity contribution < 1.29 is 4.79 Å². The molecule has 100 valence electrons. The fourth-order valence-corrected chi connectivity index (χ4v) is 2.29. The van der Waals surface area contributed by atoms with E-state index >= 15 is 0 Å². The summed E-state index contributed by atoms with van der Waals surface area (Å²) in [6.07, 6.45) is 0. The molecule has 0 saturated heterocycles. The molecule has 1 heterocycles. The second-order valence-corrected chi connectivity index (χ2v) is 5.29. The molecule has 0 bridgehead atoms. The van der Waals surface area contributed by atoms with E-state index in [-0.39, 0.29) is 12.6 Å². The van der Waals surface area contributed by atoms with E-state index in [2.05, 4.69) is 20.0 Å².